The summed E-state index contributed by atoms with van der Waals surface area (Å²) in [6.45, 7) is 0.965. The monoisotopic (exact) mass is 175 g/mol. The number of hydrogen-bond donors (Lipinski definition) is 3. The average Bonchev–Trinajstić information content (AvgIpc) is 2.30. The Morgan fingerprint density at radius 1 is 1.42 bits per heavy atom. The predicted octanol–water partition coefficient (Wildman–Crippen LogP) is -0.906. The molecule has 0 amide bonds. The summed E-state index contributed by atoms with van der Waals surface area (Å²) >= 11 is 0. The molecular weight excluding hydrogens is 158 g/mol. The Morgan fingerprint density at radius 3 is 2.25 bits per heavy atom. The SMILES string of the molecule is COCC1(CN)C[C@@H](O)[C@@H](O)C1. The van der Waals surface area contributed by atoms with Gasteiger partial charge >= 0.3 is 0 Å². The van der Waals surface area contributed by atoms with E-state index in [4.69, 9.17) is 10.5 Å². The summed E-state index contributed by atoms with van der Waals surface area (Å²) in [7, 11) is 1.61. The molecule has 0 spiro atoms. The molecule has 4 heteroatoms. The van der Waals surface area contributed by atoms with Gasteiger partial charge in [-0.15, -0.1) is 0 Å². The highest BCUT2D eigenvalue weighted by atomic mass is 16.5. The second-order valence-corrected chi connectivity index (χ2v) is 3.68. The molecule has 1 aliphatic carbocycles. The lowest BCUT2D eigenvalue weighted by atomic mass is 9.87. The third kappa shape index (κ3) is 1.77. The van der Waals surface area contributed by atoms with E-state index in [2.05, 4.69) is 0 Å². The van der Waals surface area contributed by atoms with E-state index < -0.39 is 12.2 Å². The number of nitrogens with two attached hydrogens (primary N) is 1. The fourth-order valence-electron chi connectivity index (χ4n) is 1.89. The molecule has 3 atom stereocenters. The van der Waals surface area contributed by atoms with Crippen LogP contribution < -0.4 is 5.73 Å². The topological polar surface area (TPSA) is 75.7 Å². The fraction of sp³-hybridized carbons (Fsp3) is 1.00. The first-order chi connectivity index (χ1) is 5.63. The van der Waals surface area contributed by atoms with Crippen LogP contribution in [0.5, 0.6) is 0 Å². The summed E-state index contributed by atoms with van der Waals surface area (Å²) in [4.78, 5) is 0. The first-order valence-corrected chi connectivity index (χ1v) is 4.19. The van der Waals surface area contributed by atoms with Crippen molar-refractivity contribution in [3.63, 3.8) is 0 Å². The zero-order valence-corrected chi connectivity index (χ0v) is 7.36. The number of ether oxygens (including phenoxy) is 1. The molecule has 0 heterocycles. The Kier molecular flexibility index (Phi) is 3.06. The number of aliphatic hydroxyl groups excluding tert-OH is 2. The van der Waals surface area contributed by atoms with Gasteiger partial charge in [0.1, 0.15) is 0 Å². The standard InChI is InChI=1S/C8H17NO3/c1-12-5-8(4-9)2-6(10)7(11)3-8/h6-7,10-11H,2-5,9H2,1H3/t6-,7+,8?. The molecule has 1 fully saturated rings. The highest BCUT2D eigenvalue weighted by molar-refractivity contribution is 4.95. The molecule has 4 N–H and O–H groups in total. The molecule has 1 aliphatic rings. The van der Waals surface area contributed by atoms with Crippen LogP contribution in [0.3, 0.4) is 0 Å². The van der Waals surface area contributed by atoms with Gasteiger partial charge in [-0.25, -0.2) is 0 Å². The van der Waals surface area contributed by atoms with Crippen molar-refractivity contribution >= 4 is 0 Å². The Hall–Kier alpha value is -0.160. The van der Waals surface area contributed by atoms with Crippen LogP contribution in [0.15, 0.2) is 0 Å². The molecule has 0 aromatic rings. The number of methoxy groups -OCH3 is 1. The van der Waals surface area contributed by atoms with Crippen molar-refractivity contribution < 1.29 is 14.9 Å². The Bertz CT molecular complexity index is 141. The maximum absolute atomic E-state index is 9.33. The van der Waals surface area contributed by atoms with Crippen LogP contribution in [0, 0.1) is 5.41 Å². The van der Waals surface area contributed by atoms with E-state index >= 15 is 0 Å². The van der Waals surface area contributed by atoms with E-state index in [0.717, 1.165) is 0 Å². The summed E-state index contributed by atoms with van der Waals surface area (Å²) in [5, 5.41) is 18.7. The van der Waals surface area contributed by atoms with Gasteiger partial charge in [0.2, 0.25) is 0 Å². The Morgan fingerprint density at radius 2 is 1.92 bits per heavy atom. The van der Waals surface area contributed by atoms with Crippen molar-refractivity contribution in [2.75, 3.05) is 20.3 Å². The van der Waals surface area contributed by atoms with Gasteiger partial charge in [-0.2, -0.15) is 0 Å². The lowest BCUT2D eigenvalue weighted by Crippen LogP contribution is -2.33. The molecule has 0 bridgehead atoms. The molecule has 1 rings (SSSR count). The first-order valence-electron chi connectivity index (χ1n) is 4.19. The molecule has 0 radical (unpaired) electrons. The second-order valence-electron chi connectivity index (χ2n) is 3.68. The fourth-order valence-corrected chi connectivity index (χ4v) is 1.89. The van der Waals surface area contributed by atoms with Gasteiger partial charge in [0, 0.05) is 19.1 Å². The van der Waals surface area contributed by atoms with E-state index in [-0.39, 0.29) is 5.41 Å². The smallest absolute Gasteiger partial charge is 0.0806 e. The Labute approximate surface area is 72.3 Å². The third-order valence-electron chi connectivity index (χ3n) is 2.61. The summed E-state index contributed by atoms with van der Waals surface area (Å²) in [6, 6.07) is 0. The van der Waals surface area contributed by atoms with Crippen molar-refractivity contribution in [3.8, 4) is 0 Å². The maximum Gasteiger partial charge on any atom is 0.0806 e. The largest absolute Gasteiger partial charge is 0.390 e. The number of rotatable bonds is 3. The normalized spacial score (nSPS) is 42.0. The second kappa shape index (κ2) is 3.70. The molecule has 1 unspecified atom stereocenters. The van der Waals surface area contributed by atoms with Gasteiger partial charge in [0.15, 0.2) is 0 Å². The summed E-state index contributed by atoms with van der Waals surface area (Å²) in [5.41, 5.74) is 5.36. The number of aliphatic hydroxyl groups is 2. The van der Waals surface area contributed by atoms with Crippen LogP contribution in [0.4, 0.5) is 0 Å². The highest BCUT2D eigenvalue weighted by Gasteiger charge is 2.43. The van der Waals surface area contributed by atoms with Gasteiger partial charge in [-0.05, 0) is 12.8 Å². The maximum atomic E-state index is 9.33. The summed E-state index contributed by atoms with van der Waals surface area (Å²) in [5.74, 6) is 0. The van der Waals surface area contributed by atoms with E-state index in [0.29, 0.717) is 26.0 Å². The minimum absolute atomic E-state index is 0.215. The molecule has 12 heavy (non-hydrogen) atoms. The van der Waals surface area contributed by atoms with Crippen LogP contribution in [-0.2, 0) is 4.74 Å². The highest BCUT2D eigenvalue weighted by Crippen LogP contribution is 2.37. The van der Waals surface area contributed by atoms with Crippen molar-refractivity contribution in [2.24, 2.45) is 11.1 Å². The predicted molar refractivity (Wildman–Crippen MR) is 44.6 cm³/mol. The Balaban J connectivity index is 2.58. The zero-order valence-electron chi connectivity index (χ0n) is 7.36. The van der Waals surface area contributed by atoms with Crippen LogP contribution in [-0.4, -0.2) is 42.7 Å². The lowest BCUT2D eigenvalue weighted by molar-refractivity contribution is 0.0438. The van der Waals surface area contributed by atoms with E-state index in [1.165, 1.54) is 0 Å². The van der Waals surface area contributed by atoms with Gasteiger partial charge < -0.3 is 20.7 Å². The van der Waals surface area contributed by atoms with Crippen LogP contribution >= 0.6 is 0 Å². The molecular formula is C8H17NO3. The summed E-state index contributed by atoms with van der Waals surface area (Å²) < 4.78 is 5.01. The van der Waals surface area contributed by atoms with E-state index in [1.54, 1.807) is 7.11 Å². The van der Waals surface area contributed by atoms with Gasteiger partial charge in [-0.3, -0.25) is 0 Å². The van der Waals surface area contributed by atoms with Crippen LogP contribution in [0.1, 0.15) is 12.8 Å². The first kappa shape index (κ1) is 9.92. The van der Waals surface area contributed by atoms with Gasteiger partial charge in [0.25, 0.3) is 0 Å². The molecule has 4 nitrogen and oxygen atoms in total. The molecule has 0 aliphatic heterocycles. The summed E-state index contributed by atoms with van der Waals surface area (Å²) in [6.07, 6.45) is -0.191. The molecule has 0 aromatic carbocycles. The van der Waals surface area contributed by atoms with Crippen LogP contribution in [0.25, 0.3) is 0 Å². The minimum Gasteiger partial charge on any atom is -0.390 e. The molecule has 1 saturated carbocycles. The third-order valence-corrected chi connectivity index (χ3v) is 2.61. The van der Waals surface area contributed by atoms with Crippen molar-refractivity contribution in [3.05, 3.63) is 0 Å². The van der Waals surface area contributed by atoms with Crippen molar-refractivity contribution in [2.45, 2.75) is 25.0 Å². The van der Waals surface area contributed by atoms with Crippen molar-refractivity contribution in [1.82, 2.24) is 0 Å². The quantitative estimate of drug-likeness (QED) is 0.519. The van der Waals surface area contributed by atoms with Crippen molar-refractivity contribution in [1.29, 1.82) is 0 Å². The van der Waals surface area contributed by atoms with Crippen LogP contribution in [0.2, 0.25) is 0 Å². The zero-order chi connectivity index (χ0) is 9.19. The van der Waals surface area contributed by atoms with Gasteiger partial charge in [-0.1, -0.05) is 0 Å². The van der Waals surface area contributed by atoms with E-state index in [9.17, 15) is 10.2 Å². The molecule has 0 saturated heterocycles. The minimum atomic E-state index is -0.635. The van der Waals surface area contributed by atoms with E-state index in [1.807, 2.05) is 0 Å². The van der Waals surface area contributed by atoms with Gasteiger partial charge in [0.05, 0.1) is 18.8 Å². The average molecular weight is 175 g/mol. The number of hydrogen-bond acceptors (Lipinski definition) is 4. The lowest BCUT2D eigenvalue weighted by Gasteiger charge is -2.25. The molecule has 0 aromatic heterocycles. The molecule has 72 valence electrons.